The Balaban J connectivity index is 3.74. The Labute approximate surface area is 166 Å². The van der Waals surface area contributed by atoms with Crippen molar-refractivity contribution in [1.29, 1.82) is 0 Å². The van der Waals surface area contributed by atoms with Crippen molar-refractivity contribution in [3.8, 4) is 0 Å². The Morgan fingerprint density at radius 3 is 1.52 bits per heavy atom. The van der Waals surface area contributed by atoms with Crippen molar-refractivity contribution in [2.24, 2.45) is 5.92 Å². The first-order valence-corrected chi connectivity index (χ1v) is 11.2. The molecule has 0 saturated heterocycles. The highest BCUT2D eigenvalue weighted by atomic mass is 16.6. The van der Waals surface area contributed by atoms with Crippen molar-refractivity contribution < 1.29 is 14.8 Å². The molecule has 0 heterocycles. The number of unbranched alkanes of at least 4 members (excludes halogenated alkanes) is 13. The molecule has 27 heavy (non-hydrogen) atoms. The zero-order valence-electron chi connectivity index (χ0n) is 18.0. The molecule has 1 atom stereocenters. The third-order valence-corrected chi connectivity index (χ3v) is 5.44. The second-order valence-electron chi connectivity index (χ2n) is 8.54. The van der Waals surface area contributed by atoms with Crippen LogP contribution in [-0.2, 0) is 4.79 Å². The largest absolute Gasteiger partial charge is 0.476 e. The molecule has 0 aliphatic carbocycles. The first kappa shape index (κ1) is 25.9. The predicted molar refractivity (Wildman–Crippen MR) is 112 cm³/mol. The Bertz CT molecular complexity index is 382. The van der Waals surface area contributed by atoms with E-state index in [-0.39, 0.29) is 18.8 Å². The van der Waals surface area contributed by atoms with Crippen LogP contribution in [0.4, 0.5) is 0 Å². The van der Waals surface area contributed by atoms with Gasteiger partial charge in [-0.2, -0.15) is 0 Å². The summed E-state index contributed by atoms with van der Waals surface area (Å²) in [6, 6.07) is 0. The van der Waals surface area contributed by atoms with E-state index in [0.717, 1.165) is 19.3 Å². The maximum atomic E-state index is 11.5. The molecule has 1 unspecified atom stereocenters. The summed E-state index contributed by atoms with van der Waals surface area (Å²) in [5, 5.41) is 20.8. The van der Waals surface area contributed by atoms with Gasteiger partial charge in [0, 0.05) is 17.8 Å². The highest BCUT2D eigenvalue weighted by Gasteiger charge is 2.50. The summed E-state index contributed by atoms with van der Waals surface area (Å²) >= 11 is 0. The minimum atomic E-state index is -1.80. The Morgan fingerprint density at radius 2 is 1.22 bits per heavy atom. The smallest absolute Gasteiger partial charge is 0.382 e. The van der Waals surface area contributed by atoms with E-state index in [9.17, 15) is 20.0 Å². The van der Waals surface area contributed by atoms with Gasteiger partial charge in [-0.15, -0.1) is 0 Å². The summed E-state index contributed by atoms with van der Waals surface area (Å²) in [5.74, 6) is -1.28. The number of aliphatic carboxylic acids is 1. The number of nitro groups is 1. The zero-order chi connectivity index (χ0) is 20.5. The van der Waals surface area contributed by atoms with Crippen LogP contribution >= 0.6 is 0 Å². The van der Waals surface area contributed by atoms with Gasteiger partial charge in [0.05, 0.1) is 0 Å². The lowest BCUT2D eigenvalue weighted by Crippen LogP contribution is -2.47. The van der Waals surface area contributed by atoms with Crippen LogP contribution in [0.25, 0.3) is 0 Å². The molecule has 0 rings (SSSR count). The van der Waals surface area contributed by atoms with E-state index in [0.29, 0.717) is 6.42 Å². The Morgan fingerprint density at radius 1 is 0.852 bits per heavy atom. The third-order valence-electron chi connectivity index (χ3n) is 5.44. The van der Waals surface area contributed by atoms with Crippen LogP contribution in [0.1, 0.15) is 124 Å². The topological polar surface area (TPSA) is 80.4 Å². The molecule has 0 aliphatic rings. The second kappa shape index (κ2) is 15.9. The van der Waals surface area contributed by atoms with Crippen LogP contribution in [0.15, 0.2) is 0 Å². The summed E-state index contributed by atoms with van der Waals surface area (Å²) in [6.45, 7) is 5.93. The van der Waals surface area contributed by atoms with E-state index < -0.39 is 16.4 Å². The number of nitrogens with zero attached hydrogens (tertiary/aromatic N) is 1. The SMILES string of the molecule is CCCCCCCCCCCCCCCCC(CC(C)C)(C(=O)O)[N+](=O)[O-]. The van der Waals surface area contributed by atoms with Gasteiger partial charge < -0.3 is 5.11 Å². The molecule has 1 N–H and O–H groups in total. The number of carbonyl (C=O) groups is 1. The monoisotopic (exact) mass is 385 g/mol. The van der Waals surface area contributed by atoms with Crippen LogP contribution in [0, 0.1) is 16.0 Å². The molecule has 160 valence electrons. The minimum absolute atomic E-state index is 0.00172. The Hall–Kier alpha value is -1.13. The number of hydrogen-bond acceptors (Lipinski definition) is 3. The van der Waals surface area contributed by atoms with Crippen LogP contribution in [0.3, 0.4) is 0 Å². The molecule has 0 fully saturated rings. The predicted octanol–water partition coefficient (Wildman–Crippen LogP) is 7.00. The molecule has 0 aromatic heterocycles. The van der Waals surface area contributed by atoms with E-state index in [4.69, 9.17) is 0 Å². The fourth-order valence-corrected chi connectivity index (χ4v) is 3.83. The van der Waals surface area contributed by atoms with Crippen LogP contribution < -0.4 is 0 Å². The molecule has 0 aromatic carbocycles. The highest BCUT2D eigenvalue weighted by Crippen LogP contribution is 2.28. The number of carboxylic acids is 1. The average molecular weight is 386 g/mol. The fourth-order valence-electron chi connectivity index (χ4n) is 3.83. The molecule has 0 amide bonds. The highest BCUT2D eigenvalue weighted by molar-refractivity contribution is 5.77. The molecule has 5 nitrogen and oxygen atoms in total. The van der Waals surface area contributed by atoms with Crippen molar-refractivity contribution in [2.45, 2.75) is 129 Å². The van der Waals surface area contributed by atoms with Gasteiger partial charge in [0.25, 0.3) is 0 Å². The van der Waals surface area contributed by atoms with E-state index in [1.807, 2.05) is 13.8 Å². The second-order valence-corrected chi connectivity index (χ2v) is 8.54. The maximum Gasteiger partial charge on any atom is 0.382 e. The van der Waals surface area contributed by atoms with Crippen molar-refractivity contribution >= 4 is 5.97 Å². The molecule has 0 aliphatic heterocycles. The van der Waals surface area contributed by atoms with Gasteiger partial charge >= 0.3 is 11.5 Å². The number of hydrogen-bond donors (Lipinski definition) is 1. The zero-order valence-corrected chi connectivity index (χ0v) is 18.0. The van der Waals surface area contributed by atoms with E-state index in [2.05, 4.69) is 6.92 Å². The molecule has 0 aromatic rings. The molecule has 0 bridgehead atoms. The Kier molecular flexibility index (Phi) is 15.2. The minimum Gasteiger partial charge on any atom is -0.476 e. The van der Waals surface area contributed by atoms with Gasteiger partial charge in [0.1, 0.15) is 0 Å². The van der Waals surface area contributed by atoms with Gasteiger partial charge in [-0.3, -0.25) is 10.1 Å². The molecule has 0 spiro atoms. The van der Waals surface area contributed by atoms with Crippen molar-refractivity contribution in [3.05, 3.63) is 10.1 Å². The van der Waals surface area contributed by atoms with Gasteiger partial charge in [0.15, 0.2) is 0 Å². The lowest BCUT2D eigenvalue weighted by Gasteiger charge is -2.22. The summed E-state index contributed by atoms with van der Waals surface area (Å²) in [7, 11) is 0. The van der Waals surface area contributed by atoms with Gasteiger partial charge in [0.2, 0.25) is 0 Å². The number of carboxylic acid groups (broad SMARTS) is 1. The van der Waals surface area contributed by atoms with Crippen LogP contribution in [0.2, 0.25) is 0 Å². The molecule has 0 radical (unpaired) electrons. The molecule has 0 saturated carbocycles. The van der Waals surface area contributed by atoms with E-state index >= 15 is 0 Å². The van der Waals surface area contributed by atoms with Crippen LogP contribution in [0.5, 0.6) is 0 Å². The first-order valence-electron chi connectivity index (χ1n) is 11.2. The van der Waals surface area contributed by atoms with Gasteiger partial charge in [-0.05, 0) is 12.3 Å². The lowest BCUT2D eigenvalue weighted by molar-refractivity contribution is -0.559. The first-order chi connectivity index (χ1) is 12.9. The standard InChI is InChI=1S/C22H43NO4/c1-4-5-6-7-8-9-10-11-12-13-14-15-16-17-18-22(21(24)25,23(26)27)19-20(2)3/h20H,4-19H2,1-3H3,(H,24,25). The summed E-state index contributed by atoms with van der Waals surface area (Å²) in [5.41, 5.74) is -1.80. The third kappa shape index (κ3) is 12.0. The fraction of sp³-hybridized carbons (Fsp3) is 0.955. The van der Waals surface area contributed by atoms with E-state index in [1.54, 1.807) is 0 Å². The number of rotatable bonds is 19. The van der Waals surface area contributed by atoms with E-state index in [1.165, 1.54) is 64.2 Å². The van der Waals surface area contributed by atoms with Crippen LogP contribution in [-0.4, -0.2) is 21.5 Å². The van der Waals surface area contributed by atoms with Gasteiger partial charge in [-0.25, -0.2) is 4.79 Å². The van der Waals surface area contributed by atoms with Crippen molar-refractivity contribution in [2.75, 3.05) is 0 Å². The van der Waals surface area contributed by atoms with Crippen molar-refractivity contribution in [1.82, 2.24) is 0 Å². The quantitative estimate of drug-likeness (QED) is 0.147. The maximum absolute atomic E-state index is 11.5. The molecule has 5 heteroatoms. The summed E-state index contributed by atoms with van der Waals surface area (Å²) in [6.07, 6.45) is 17.3. The summed E-state index contributed by atoms with van der Waals surface area (Å²) < 4.78 is 0. The molecular formula is C22H43NO4. The molecular weight excluding hydrogens is 342 g/mol. The summed E-state index contributed by atoms with van der Waals surface area (Å²) in [4.78, 5) is 22.3. The normalized spacial score (nSPS) is 13.6. The lowest BCUT2D eigenvalue weighted by atomic mass is 9.84. The average Bonchev–Trinajstić information content (AvgIpc) is 2.60. The van der Waals surface area contributed by atoms with Gasteiger partial charge in [-0.1, -0.05) is 104 Å². The van der Waals surface area contributed by atoms with Crippen molar-refractivity contribution in [3.63, 3.8) is 0 Å².